The molecule has 1 aromatic carbocycles. The molecule has 0 aliphatic rings. The number of furan rings is 1. The summed E-state index contributed by atoms with van der Waals surface area (Å²) in [6.07, 6.45) is 1.34. The van der Waals surface area contributed by atoms with Gasteiger partial charge in [0.2, 0.25) is 10.0 Å². The average molecular weight is 378 g/mol. The Labute approximate surface area is 140 Å². The van der Waals surface area contributed by atoms with Crippen molar-refractivity contribution < 1.29 is 21.3 Å². The summed E-state index contributed by atoms with van der Waals surface area (Å²) in [6.45, 7) is 1.16. The Bertz CT molecular complexity index is 843. The Hall–Kier alpha value is -1.35. The van der Waals surface area contributed by atoms with E-state index in [9.17, 15) is 16.8 Å². The van der Waals surface area contributed by atoms with Crippen molar-refractivity contribution in [1.82, 2.24) is 4.72 Å². The van der Waals surface area contributed by atoms with E-state index in [4.69, 9.17) is 16.0 Å². The van der Waals surface area contributed by atoms with Crippen molar-refractivity contribution in [3.8, 4) is 0 Å². The Kier molecular flexibility index (Phi) is 5.51. The van der Waals surface area contributed by atoms with E-state index in [1.54, 1.807) is 6.07 Å². The fourth-order valence-corrected chi connectivity index (χ4v) is 4.37. The zero-order chi connectivity index (χ0) is 17.1. The molecule has 126 valence electrons. The second-order valence-corrected chi connectivity index (χ2v) is 9.42. The van der Waals surface area contributed by atoms with Crippen LogP contribution in [0.5, 0.6) is 0 Å². The number of sulfonamides is 1. The standard InChI is InChI=1S/C14H16ClNO5S2/c1-2-22(17,18)16-10-14(13-4-3-9-21-13)23(19,20)12-7-5-11(15)6-8-12/h3-9,14,16H,2,10H2,1H3/t14-/m0/s1. The van der Waals surface area contributed by atoms with E-state index in [1.165, 1.54) is 43.5 Å². The summed E-state index contributed by atoms with van der Waals surface area (Å²) in [5, 5.41) is -0.759. The van der Waals surface area contributed by atoms with Crippen LogP contribution in [-0.4, -0.2) is 29.1 Å². The Morgan fingerprint density at radius 1 is 1.13 bits per heavy atom. The van der Waals surface area contributed by atoms with E-state index in [-0.39, 0.29) is 23.0 Å². The van der Waals surface area contributed by atoms with Crippen LogP contribution in [0.1, 0.15) is 17.9 Å². The third-order valence-electron chi connectivity index (χ3n) is 3.25. The largest absolute Gasteiger partial charge is 0.468 e. The quantitative estimate of drug-likeness (QED) is 0.799. The fraction of sp³-hybridized carbons (Fsp3) is 0.286. The Balaban J connectivity index is 2.39. The number of hydrogen-bond acceptors (Lipinski definition) is 5. The van der Waals surface area contributed by atoms with Crippen LogP contribution in [-0.2, 0) is 19.9 Å². The number of nitrogens with one attached hydrogen (secondary N) is 1. The number of hydrogen-bond donors (Lipinski definition) is 1. The lowest BCUT2D eigenvalue weighted by atomic mass is 10.3. The van der Waals surface area contributed by atoms with Crippen molar-refractivity contribution in [2.75, 3.05) is 12.3 Å². The number of benzene rings is 1. The van der Waals surface area contributed by atoms with E-state index in [2.05, 4.69) is 4.72 Å². The number of halogens is 1. The molecule has 6 nitrogen and oxygen atoms in total. The van der Waals surface area contributed by atoms with E-state index < -0.39 is 25.1 Å². The van der Waals surface area contributed by atoms with Crippen LogP contribution < -0.4 is 4.72 Å². The van der Waals surface area contributed by atoms with Crippen molar-refractivity contribution in [3.05, 3.63) is 53.4 Å². The molecule has 0 bridgehead atoms. The van der Waals surface area contributed by atoms with Gasteiger partial charge in [0.1, 0.15) is 11.0 Å². The summed E-state index contributed by atoms with van der Waals surface area (Å²) in [4.78, 5) is 0.0407. The summed E-state index contributed by atoms with van der Waals surface area (Å²) >= 11 is 5.78. The van der Waals surface area contributed by atoms with Gasteiger partial charge in [0.15, 0.2) is 9.84 Å². The first-order chi connectivity index (χ1) is 10.8. The van der Waals surface area contributed by atoms with Crippen molar-refractivity contribution in [3.63, 3.8) is 0 Å². The van der Waals surface area contributed by atoms with Gasteiger partial charge in [0, 0.05) is 11.6 Å². The minimum Gasteiger partial charge on any atom is -0.468 e. The number of sulfone groups is 1. The van der Waals surface area contributed by atoms with Gasteiger partial charge in [-0.3, -0.25) is 0 Å². The molecule has 0 spiro atoms. The highest BCUT2D eigenvalue weighted by Gasteiger charge is 2.32. The summed E-state index contributed by atoms with van der Waals surface area (Å²) < 4.78 is 56.4. The fourth-order valence-electron chi connectivity index (χ4n) is 1.93. The molecule has 23 heavy (non-hydrogen) atoms. The topological polar surface area (TPSA) is 93.4 Å². The van der Waals surface area contributed by atoms with Crippen LogP contribution in [0.3, 0.4) is 0 Å². The summed E-state index contributed by atoms with van der Waals surface area (Å²) in [5.74, 6) is 0.0255. The van der Waals surface area contributed by atoms with Gasteiger partial charge in [-0.05, 0) is 43.3 Å². The van der Waals surface area contributed by atoms with Gasteiger partial charge < -0.3 is 4.42 Å². The Morgan fingerprint density at radius 3 is 2.30 bits per heavy atom. The first-order valence-electron chi connectivity index (χ1n) is 6.76. The van der Waals surface area contributed by atoms with Crippen LogP contribution in [0.25, 0.3) is 0 Å². The van der Waals surface area contributed by atoms with Gasteiger partial charge in [0.25, 0.3) is 0 Å². The first kappa shape index (κ1) is 18.0. The minimum atomic E-state index is -3.85. The molecule has 0 fully saturated rings. The molecule has 0 aliphatic heterocycles. The van der Waals surface area contributed by atoms with Crippen molar-refractivity contribution in [2.24, 2.45) is 0 Å². The predicted molar refractivity (Wildman–Crippen MR) is 87.6 cm³/mol. The third kappa shape index (κ3) is 4.35. The molecule has 1 N–H and O–H groups in total. The molecule has 0 saturated heterocycles. The summed E-state index contributed by atoms with van der Waals surface area (Å²) in [6, 6.07) is 8.73. The van der Waals surface area contributed by atoms with Crippen molar-refractivity contribution in [2.45, 2.75) is 17.1 Å². The van der Waals surface area contributed by atoms with E-state index in [0.29, 0.717) is 5.02 Å². The highest BCUT2D eigenvalue weighted by atomic mass is 35.5. The minimum absolute atomic E-state index is 0.0407. The molecule has 0 unspecified atom stereocenters. The molecule has 1 heterocycles. The van der Waals surface area contributed by atoms with Crippen molar-refractivity contribution in [1.29, 1.82) is 0 Å². The van der Waals surface area contributed by atoms with Gasteiger partial charge in [-0.25, -0.2) is 21.6 Å². The lowest BCUT2D eigenvalue weighted by Gasteiger charge is -2.16. The maximum Gasteiger partial charge on any atom is 0.211 e. The predicted octanol–water partition coefficient (Wildman–Crippen LogP) is 2.39. The second-order valence-electron chi connectivity index (χ2n) is 4.75. The lowest BCUT2D eigenvalue weighted by Crippen LogP contribution is -2.32. The maximum absolute atomic E-state index is 12.8. The smallest absolute Gasteiger partial charge is 0.211 e. The van der Waals surface area contributed by atoms with Gasteiger partial charge >= 0.3 is 0 Å². The molecule has 0 radical (unpaired) electrons. The first-order valence-corrected chi connectivity index (χ1v) is 10.3. The summed E-state index contributed by atoms with van der Waals surface area (Å²) in [7, 11) is -7.38. The molecule has 9 heteroatoms. The maximum atomic E-state index is 12.8. The van der Waals surface area contributed by atoms with Crippen LogP contribution >= 0.6 is 11.6 Å². The molecule has 0 amide bonds. The molecular formula is C14H16ClNO5S2. The molecule has 0 aliphatic carbocycles. The van der Waals surface area contributed by atoms with Crippen LogP contribution in [0, 0.1) is 0 Å². The van der Waals surface area contributed by atoms with Crippen molar-refractivity contribution >= 4 is 31.5 Å². The SMILES string of the molecule is CCS(=O)(=O)NC[C@@H](c1ccco1)S(=O)(=O)c1ccc(Cl)cc1. The van der Waals surface area contributed by atoms with Gasteiger partial charge in [-0.1, -0.05) is 11.6 Å². The highest BCUT2D eigenvalue weighted by molar-refractivity contribution is 7.92. The van der Waals surface area contributed by atoms with Gasteiger partial charge in [-0.2, -0.15) is 0 Å². The van der Waals surface area contributed by atoms with E-state index >= 15 is 0 Å². The second kappa shape index (κ2) is 7.04. The van der Waals surface area contributed by atoms with Gasteiger partial charge in [-0.15, -0.1) is 0 Å². The molecule has 2 rings (SSSR count). The highest BCUT2D eigenvalue weighted by Crippen LogP contribution is 2.29. The summed E-state index contributed by atoms with van der Waals surface area (Å²) in [5.41, 5.74) is 0. The molecular weight excluding hydrogens is 362 g/mol. The zero-order valence-electron chi connectivity index (χ0n) is 12.3. The Morgan fingerprint density at radius 2 is 1.78 bits per heavy atom. The molecule has 1 aromatic heterocycles. The van der Waals surface area contributed by atoms with E-state index in [1.807, 2.05) is 0 Å². The normalized spacial score (nSPS) is 13.8. The zero-order valence-corrected chi connectivity index (χ0v) is 14.7. The molecule has 2 aromatic rings. The van der Waals surface area contributed by atoms with Crippen LogP contribution in [0.15, 0.2) is 52.0 Å². The number of rotatable bonds is 7. The average Bonchev–Trinajstić information content (AvgIpc) is 3.01. The van der Waals surface area contributed by atoms with E-state index in [0.717, 1.165) is 0 Å². The molecule has 0 saturated carbocycles. The monoisotopic (exact) mass is 377 g/mol. The van der Waals surface area contributed by atoms with Crippen LogP contribution in [0.2, 0.25) is 5.02 Å². The van der Waals surface area contributed by atoms with Gasteiger partial charge in [0.05, 0.1) is 16.9 Å². The molecule has 1 atom stereocenters. The third-order valence-corrected chi connectivity index (χ3v) is 6.94. The van der Waals surface area contributed by atoms with Crippen LogP contribution in [0.4, 0.5) is 0 Å². The lowest BCUT2D eigenvalue weighted by molar-refractivity contribution is 0.486.